The molecule has 0 saturated heterocycles. The van der Waals surface area contributed by atoms with Crippen LogP contribution in [0.4, 0.5) is 5.69 Å². The molecule has 0 saturated carbocycles. The largest absolute Gasteiger partial charge is 0.497 e. The summed E-state index contributed by atoms with van der Waals surface area (Å²) in [5, 5.41) is 13.2. The Balaban J connectivity index is 1.92. The minimum Gasteiger partial charge on any atom is -0.497 e. The Bertz CT molecular complexity index is 1070. The Morgan fingerprint density at radius 3 is 2.68 bits per heavy atom. The lowest BCUT2D eigenvalue weighted by Crippen LogP contribution is -2.22. The topological polar surface area (TPSA) is 75.6 Å². The van der Waals surface area contributed by atoms with Crippen LogP contribution in [0.2, 0.25) is 5.02 Å². The van der Waals surface area contributed by atoms with Gasteiger partial charge in [0.15, 0.2) is 0 Å². The van der Waals surface area contributed by atoms with Gasteiger partial charge in [-0.05, 0) is 35.4 Å². The molecule has 5 nitrogen and oxygen atoms in total. The van der Waals surface area contributed by atoms with Crippen LogP contribution in [0, 0.1) is 0 Å². The average Bonchev–Trinajstić information content (AvgIpc) is 3.07. The number of anilines is 1. The standard InChI is InChI=1S/C21H16ClNO4S/c1-27-14-4-2-3-12(9-14)15-10-16(24)23-18-17(11-5-7-13(22)8-6-11)20(21(25)26)28-19(15)18/h2-9,15H,10H2,1H3,(H,23,24)(H,25,26). The van der Waals surface area contributed by atoms with E-state index in [0.717, 1.165) is 10.4 Å². The molecule has 1 unspecified atom stereocenters. The summed E-state index contributed by atoms with van der Waals surface area (Å²) in [6.45, 7) is 0. The summed E-state index contributed by atoms with van der Waals surface area (Å²) < 4.78 is 5.30. The van der Waals surface area contributed by atoms with Crippen LogP contribution in [0.25, 0.3) is 11.1 Å². The van der Waals surface area contributed by atoms with E-state index in [0.29, 0.717) is 27.6 Å². The third-order valence-electron chi connectivity index (χ3n) is 4.73. The van der Waals surface area contributed by atoms with Crippen molar-refractivity contribution in [3.05, 3.63) is 68.9 Å². The molecule has 0 fully saturated rings. The molecule has 7 heteroatoms. The molecular formula is C21H16ClNO4S. The first-order valence-electron chi connectivity index (χ1n) is 8.57. The van der Waals surface area contributed by atoms with Crippen LogP contribution in [-0.2, 0) is 4.79 Å². The molecule has 1 aromatic heterocycles. The Labute approximate surface area is 170 Å². The summed E-state index contributed by atoms with van der Waals surface area (Å²) in [6, 6.07) is 14.5. The van der Waals surface area contributed by atoms with E-state index < -0.39 is 5.97 Å². The fraction of sp³-hybridized carbons (Fsp3) is 0.143. The quantitative estimate of drug-likeness (QED) is 0.612. The number of hydrogen-bond acceptors (Lipinski definition) is 4. The Morgan fingerprint density at radius 1 is 1.25 bits per heavy atom. The van der Waals surface area contributed by atoms with Gasteiger partial charge < -0.3 is 15.2 Å². The highest BCUT2D eigenvalue weighted by atomic mass is 35.5. The monoisotopic (exact) mass is 413 g/mol. The number of fused-ring (bicyclic) bond motifs is 1. The van der Waals surface area contributed by atoms with Gasteiger partial charge in [0, 0.05) is 27.8 Å². The number of amides is 1. The van der Waals surface area contributed by atoms with Gasteiger partial charge in [-0.25, -0.2) is 4.79 Å². The zero-order valence-electron chi connectivity index (χ0n) is 14.9. The number of carboxylic acid groups (broad SMARTS) is 1. The SMILES string of the molecule is COc1cccc(C2CC(=O)Nc3c2sc(C(=O)O)c3-c2ccc(Cl)cc2)c1. The van der Waals surface area contributed by atoms with Crippen LogP contribution < -0.4 is 10.1 Å². The molecule has 2 heterocycles. The summed E-state index contributed by atoms with van der Waals surface area (Å²) >= 11 is 7.18. The highest BCUT2D eigenvalue weighted by molar-refractivity contribution is 7.15. The minimum absolute atomic E-state index is 0.148. The molecule has 0 aliphatic carbocycles. The average molecular weight is 414 g/mol. The van der Waals surface area contributed by atoms with E-state index in [1.807, 2.05) is 24.3 Å². The van der Waals surface area contributed by atoms with E-state index in [9.17, 15) is 14.7 Å². The predicted octanol–water partition coefficient (Wildman–Crippen LogP) is 5.25. The van der Waals surface area contributed by atoms with E-state index in [2.05, 4.69) is 5.32 Å². The fourth-order valence-corrected chi connectivity index (χ4v) is 4.83. The minimum atomic E-state index is -1.03. The van der Waals surface area contributed by atoms with E-state index in [4.69, 9.17) is 16.3 Å². The van der Waals surface area contributed by atoms with Gasteiger partial charge in [0.05, 0.1) is 12.8 Å². The Kier molecular flexibility index (Phi) is 4.83. The van der Waals surface area contributed by atoms with E-state index >= 15 is 0 Å². The number of nitrogens with one attached hydrogen (secondary N) is 1. The summed E-state index contributed by atoms with van der Waals surface area (Å²) in [5.41, 5.74) is 2.70. The molecule has 1 amide bonds. The first kappa shape index (κ1) is 18.5. The summed E-state index contributed by atoms with van der Waals surface area (Å²) in [5.74, 6) is -0.714. The third kappa shape index (κ3) is 3.25. The number of thiophene rings is 1. The van der Waals surface area contributed by atoms with Crippen LogP contribution in [0.1, 0.15) is 32.5 Å². The number of ether oxygens (including phenoxy) is 1. The number of carboxylic acids is 1. The number of halogens is 1. The highest BCUT2D eigenvalue weighted by Gasteiger charge is 2.34. The maximum absolute atomic E-state index is 12.5. The number of methoxy groups -OCH3 is 1. The van der Waals surface area contributed by atoms with Crippen LogP contribution >= 0.6 is 22.9 Å². The lowest BCUT2D eigenvalue weighted by molar-refractivity contribution is -0.116. The molecule has 0 spiro atoms. The first-order chi connectivity index (χ1) is 13.5. The van der Waals surface area contributed by atoms with Crippen molar-refractivity contribution in [3.8, 4) is 16.9 Å². The zero-order chi connectivity index (χ0) is 19.8. The lowest BCUT2D eigenvalue weighted by atomic mass is 9.88. The number of aromatic carboxylic acids is 1. The molecule has 142 valence electrons. The maximum Gasteiger partial charge on any atom is 0.346 e. The van der Waals surface area contributed by atoms with Crippen molar-refractivity contribution in [1.29, 1.82) is 0 Å². The summed E-state index contributed by atoms with van der Waals surface area (Å²) in [6.07, 6.45) is 0.250. The van der Waals surface area contributed by atoms with E-state index in [-0.39, 0.29) is 23.1 Å². The molecule has 1 aliphatic heterocycles. The van der Waals surface area contributed by atoms with Gasteiger partial charge in [0.25, 0.3) is 0 Å². The molecule has 0 bridgehead atoms. The second-order valence-electron chi connectivity index (χ2n) is 6.44. The van der Waals surface area contributed by atoms with Crippen LogP contribution in [0.5, 0.6) is 5.75 Å². The second kappa shape index (κ2) is 7.30. The van der Waals surface area contributed by atoms with Crippen molar-refractivity contribution >= 4 is 40.5 Å². The molecule has 2 aromatic carbocycles. The van der Waals surface area contributed by atoms with Gasteiger partial charge in [0.2, 0.25) is 5.91 Å². The molecule has 1 atom stereocenters. The van der Waals surface area contributed by atoms with E-state index in [1.165, 1.54) is 11.3 Å². The molecule has 2 N–H and O–H groups in total. The second-order valence-corrected chi connectivity index (χ2v) is 7.93. The van der Waals surface area contributed by atoms with Crippen molar-refractivity contribution in [2.75, 3.05) is 12.4 Å². The third-order valence-corrected chi connectivity index (χ3v) is 6.27. The highest BCUT2D eigenvalue weighted by Crippen LogP contribution is 2.49. The Morgan fingerprint density at radius 2 is 2.00 bits per heavy atom. The molecule has 3 aromatic rings. The van der Waals surface area contributed by atoms with Gasteiger partial charge in [-0.3, -0.25) is 4.79 Å². The maximum atomic E-state index is 12.5. The molecule has 0 radical (unpaired) electrons. The van der Waals surface area contributed by atoms with Crippen LogP contribution in [-0.4, -0.2) is 24.1 Å². The summed E-state index contributed by atoms with van der Waals surface area (Å²) in [7, 11) is 1.59. The van der Waals surface area contributed by atoms with Gasteiger partial charge in [-0.2, -0.15) is 0 Å². The number of carbonyl (C=O) groups excluding carboxylic acids is 1. The fourth-order valence-electron chi connectivity index (χ4n) is 3.46. The van der Waals surface area contributed by atoms with Gasteiger partial charge in [-0.15, -0.1) is 11.3 Å². The van der Waals surface area contributed by atoms with Crippen molar-refractivity contribution < 1.29 is 19.4 Å². The molecular weight excluding hydrogens is 398 g/mol. The van der Waals surface area contributed by atoms with Gasteiger partial charge >= 0.3 is 5.97 Å². The number of benzene rings is 2. The lowest BCUT2D eigenvalue weighted by Gasteiger charge is -2.24. The van der Waals surface area contributed by atoms with Crippen LogP contribution in [0.3, 0.4) is 0 Å². The Hall–Kier alpha value is -2.83. The smallest absolute Gasteiger partial charge is 0.346 e. The molecule has 28 heavy (non-hydrogen) atoms. The first-order valence-corrected chi connectivity index (χ1v) is 9.77. The predicted molar refractivity (Wildman–Crippen MR) is 110 cm³/mol. The van der Waals surface area contributed by atoms with Gasteiger partial charge in [0.1, 0.15) is 10.6 Å². The van der Waals surface area contributed by atoms with Crippen molar-refractivity contribution in [3.63, 3.8) is 0 Å². The normalized spacial score (nSPS) is 15.6. The summed E-state index contributed by atoms with van der Waals surface area (Å²) in [4.78, 5) is 25.5. The van der Waals surface area contributed by atoms with Crippen molar-refractivity contribution in [2.24, 2.45) is 0 Å². The number of hydrogen-bond donors (Lipinski definition) is 2. The molecule has 4 rings (SSSR count). The van der Waals surface area contributed by atoms with Crippen molar-refractivity contribution in [1.82, 2.24) is 0 Å². The van der Waals surface area contributed by atoms with Crippen LogP contribution in [0.15, 0.2) is 48.5 Å². The number of carbonyl (C=O) groups is 2. The number of rotatable bonds is 4. The zero-order valence-corrected chi connectivity index (χ0v) is 16.4. The van der Waals surface area contributed by atoms with Crippen molar-refractivity contribution in [2.45, 2.75) is 12.3 Å². The van der Waals surface area contributed by atoms with E-state index in [1.54, 1.807) is 31.4 Å². The van der Waals surface area contributed by atoms with Gasteiger partial charge in [-0.1, -0.05) is 35.9 Å². The molecule has 1 aliphatic rings.